The van der Waals surface area contributed by atoms with E-state index in [2.05, 4.69) is 59.2 Å². The lowest BCUT2D eigenvalue weighted by molar-refractivity contribution is 0.253. The molecule has 1 aromatic carbocycles. The molecule has 3 aliphatic heterocycles. The van der Waals surface area contributed by atoms with Gasteiger partial charge in [-0.05, 0) is 74.3 Å². The second-order valence-corrected chi connectivity index (χ2v) is 11.1. The van der Waals surface area contributed by atoms with Crippen LogP contribution in [0.15, 0.2) is 76.0 Å². The highest BCUT2D eigenvalue weighted by Gasteiger charge is 2.35. The molecule has 1 saturated carbocycles. The number of dihydropyridines is 2. The van der Waals surface area contributed by atoms with Crippen LogP contribution in [0.5, 0.6) is 0 Å². The summed E-state index contributed by atoms with van der Waals surface area (Å²) in [6.45, 7) is 3.52. The van der Waals surface area contributed by atoms with E-state index >= 15 is 0 Å². The fourth-order valence-corrected chi connectivity index (χ4v) is 6.26. The van der Waals surface area contributed by atoms with E-state index in [1.165, 1.54) is 53.7 Å². The Morgan fingerprint density at radius 3 is 2.72 bits per heavy atom. The molecule has 2 aliphatic carbocycles. The number of rotatable bonds is 6. The minimum absolute atomic E-state index is 0.116. The van der Waals surface area contributed by atoms with Gasteiger partial charge in [-0.25, -0.2) is 0 Å². The van der Waals surface area contributed by atoms with Gasteiger partial charge in [0.2, 0.25) is 5.90 Å². The maximum Gasteiger partial charge on any atom is 0.217 e. The van der Waals surface area contributed by atoms with Crippen molar-refractivity contribution < 1.29 is 4.74 Å². The third-order valence-electron chi connectivity index (χ3n) is 8.70. The highest BCUT2D eigenvalue weighted by atomic mass is 16.5. The Morgan fingerprint density at radius 2 is 2.00 bits per heavy atom. The Labute approximate surface area is 215 Å². The number of nitrogens with one attached hydrogen (secondary N) is 2. The van der Waals surface area contributed by atoms with Crippen molar-refractivity contribution in [3.8, 4) is 0 Å². The number of aliphatic imine (C=N–C) groups is 1. The smallest absolute Gasteiger partial charge is 0.217 e. The van der Waals surface area contributed by atoms with E-state index in [0.717, 1.165) is 63.2 Å². The van der Waals surface area contributed by atoms with Crippen molar-refractivity contribution in [2.24, 2.45) is 16.6 Å². The lowest BCUT2D eigenvalue weighted by atomic mass is 9.72. The van der Waals surface area contributed by atoms with Gasteiger partial charge in [-0.1, -0.05) is 48.1 Å². The molecule has 4 N–H and O–H groups in total. The highest BCUT2D eigenvalue weighted by molar-refractivity contribution is 5.98. The van der Waals surface area contributed by atoms with Crippen LogP contribution < -0.4 is 16.4 Å². The molecule has 36 heavy (non-hydrogen) atoms. The molecule has 0 amide bonds. The summed E-state index contributed by atoms with van der Waals surface area (Å²) in [5.74, 6) is 1.26. The van der Waals surface area contributed by atoms with Crippen molar-refractivity contribution in [3.05, 3.63) is 82.1 Å². The zero-order chi connectivity index (χ0) is 24.4. The zero-order valence-electron chi connectivity index (χ0n) is 21.4. The molecule has 190 valence electrons. The number of benzene rings is 1. The van der Waals surface area contributed by atoms with Gasteiger partial charge in [-0.3, -0.25) is 4.99 Å². The molecule has 0 aromatic heterocycles. The number of allylic oxidation sites excluding steroid dienone is 2. The zero-order valence-corrected chi connectivity index (χ0v) is 21.4. The predicted molar refractivity (Wildman–Crippen MR) is 147 cm³/mol. The first-order chi connectivity index (χ1) is 17.7. The normalized spacial score (nSPS) is 27.2. The fourth-order valence-electron chi connectivity index (χ4n) is 6.26. The second kappa shape index (κ2) is 10.4. The molecule has 5 aliphatic rings. The van der Waals surface area contributed by atoms with Gasteiger partial charge in [0, 0.05) is 43.1 Å². The van der Waals surface area contributed by atoms with Crippen molar-refractivity contribution >= 4 is 5.90 Å². The monoisotopic (exact) mass is 484 g/mol. The first-order valence-corrected chi connectivity index (χ1v) is 14.0. The van der Waals surface area contributed by atoms with Crippen LogP contribution in [0.3, 0.4) is 0 Å². The topological polar surface area (TPSA) is 71.7 Å². The van der Waals surface area contributed by atoms with Crippen LogP contribution in [-0.4, -0.2) is 32.1 Å². The maximum absolute atomic E-state index is 6.61. The van der Waals surface area contributed by atoms with Crippen LogP contribution in [-0.2, 0) is 10.3 Å². The molecular formula is C31H40N4O. The summed E-state index contributed by atoms with van der Waals surface area (Å²) in [4.78, 5) is 4.82. The Balaban J connectivity index is 1.24. The summed E-state index contributed by atoms with van der Waals surface area (Å²) in [6.07, 6.45) is 19.6. The van der Waals surface area contributed by atoms with Crippen LogP contribution in [0.4, 0.5) is 0 Å². The quantitative estimate of drug-likeness (QED) is 0.477. The summed E-state index contributed by atoms with van der Waals surface area (Å²) >= 11 is 0. The molecule has 2 atom stereocenters. The molecule has 1 aromatic rings. The SMILES string of the molecule is NC1(c2ccc(C3NC4=C(C=C3C3C=CCCC3)C(OCCC3=CCNCC3)=NCC4)cc2)CCC1. The van der Waals surface area contributed by atoms with Crippen LogP contribution >= 0.6 is 0 Å². The standard InChI is InChI=1S/C31H40N4O/c32-31(15-4-16-31)25-9-7-24(8-10-25)29-26(23-5-2-1-3-6-23)21-27-28(35-29)13-19-34-30(27)36-20-14-22-11-17-33-18-12-22/h2,5,7-11,21,23,29,33,35H,1,3-4,6,12-20,32H2. The van der Waals surface area contributed by atoms with Gasteiger partial charge in [0.25, 0.3) is 0 Å². The van der Waals surface area contributed by atoms with Gasteiger partial charge in [-0.2, -0.15) is 0 Å². The van der Waals surface area contributed by atoms with E-state index in [9.17, 15) is 0 Å². The number of nitrogens with two attached hydrogens (primary N) is 1. The van der Waals surface area contributed by atoms with E-state index < -0.39 is 0 Å². The Kier molecular flexibility index (Phi) is 6.85. The van der Waals surface area contributed by atoms with Gasteiger partial charge in [-0.15, -0.1) is 0 Å². The number of ether oxygens (including phenoxy) is 1. The van der Waals surface area contributed by atoms with Crippen molar-refractivity contribution in [2.45, 2.75) is 69.4 Å². The average Bonchev–Trinajstić information content (AvgIpc) is 2.92. The number of hydrogen-bond donors (Lipinski definition) is 3. The van der Waals surface area contributed by atoms with Crippen LogP contribution in [0.1, 0.15) is 75.0 Å². The lowest BCUT2D eigenvalue weighted by Crippen LogP contribution is -2.43. The Morgan fingerprint density at radius 1 is 1.11 bits per heavy atom. The van der Waals surface area contributed by atoms with Crippen LogP contribution in [0.25, 0.3) is 0 Å². The van der Waals surface area contributed by atoms with Gasteiger partial charge in [0.1, 0.15) is 0 Å². The number of hydrogen-bond acceptors (Lipinski definition) is 5. The molecular weight excluding hydrogens is 444 g/mol. The fraction of sp³-hybridized carbons (Fsp3) is 0.516. The van der Waals surface area contributed by atoms with Gasteiger partial charge >= 0.3 is 0 Å². The van der Waals surface area contributed by atoms with Gasteiger partial charge < -0.3 is 21.1 Å². The third kappa shape index (κ3) is 4.83. The summed E-state index contributed by atoms with van der Waals surface area (Å²) in [6, 6.07) is 9.31. The largest absolute Gasteiger partial charge is 0.477 e. The molecule has 2 unspecified atom stereocenters. The second-order valence-electron chi connectivity index (χ2n) is 11.1. The third-order valence-corrected chi connectivity index (χ3v) is 8.70. The minimum atomic E-state index is -0.116. The maximum atomic E-state index is 6.61. The summed E-state index contributed by atoms with van der Waals surface area (Å²) < 4.78 is 6.32. The molecule has 1 fully saturated rings. The van der Waals surface area contributed by atoms with Crippen molar-refractivity contribution in [2.75, 3.05) is 26.2 Å². The van der Waals surface area contributed by atoms with Crippen molar-refractivity contribution in [3.63, 3.8) is 0 Å². The van der Waals surface area contributed by atoms with E-state index in [-0.39, 0.29) is 11.6 Å². The van der Waals surface area contributed by atoms with E-state index in [1.807, 2.05) is 0 Å². The molecule has 0 radical (unpaired) electrons. The summed E-state index contributed by atoms with van der Waals surface area (Å²) in [5.41, 5.74) is 14.5. The summed E-state index contributed by atoms with van der Waals surface area (Å²) in [5, 5.41) is 7.33. The molecule has 0 spiro atoms. The van der Waals surface area contributed by atoms with Gasteiger partial charge in [0.15, 0.2) is 0 Å². The highest BCUT2D eigenvalue weighted by Crippen LogP contribution is 2.42. The van der Waals surface area contributed by atoms with Crippen LogP contribution in [0, 0.1) is 5.92 Å². The molecule has 6 rings (SSSR count). The molecule has 0 bridgehead atoms. The van der Waals surface area contributed by atoms with Crippen molar-refractivity contribution in [1.82, 2.24) is 10.6 Å². The first kappa shape index (κ1) is 23.7. The molecule has 5 heteroatoms. The lowest BCUT2D eigenvalue weighted by Gasteiger charge is -2.39. The predicted octanol–water partition coefficient (Wildman–Crippen LogP) is 5.33. The van der Waals surface area contributed by atoms with Crippen LogP contribution in [0.2, 0.25) is 0 Å². The number of nitrogens with zero attached hydrogens (tertiary/aromatic N) is 1. The van der Waals surface area contributed by atoms with Crippen molar-refractivity contribution in [1.29, 1.82) is 0 Å². The molecule has 5 nitrogen and oxygen atoms in total. The molecule has 0 saturated heterocycles. The Bertz CT molecular complexity index is 1120. The Hall–Kier alpha value is -2.63. The average molecular weight is 485 g/mol. The van der Waals surface area contributed by atoms with Gasteiger partial charge in [0.05, 0.1) is 18.2 Å². The van der Waals surface area contributed by atoms with E-state index in [1.54, 1.807) is 0 Å². The van der Waals surface area contributed by atoms with E-state index in [0.29, 0.717) is 12.5 Å². The first-order valence-electron chi connectivity index (χ1n) is 14.0. The molecule has 3 heterocycles. The summed E-state index contributed by atoms with van der Waals surface area (Å²) in [7, 11) is 0. The van der Waals surface area contributed by atoms with E-state index in [4.69, 9.17) is 15.5 Å². The minimum Gasteiger partial charge on any atom is -0.477 e.